The van der Waals surface area contributed by atoms with Gasteiger partial charge in [-0.05, 0) is 62.2 Å². The molecule has 0 saturated carbocycles. The van der Waals surface area contributed by atoms with Crippen LogP contribution in [0.2, 0.25) is 0 Å². The molecule has 7 nitrogen and oxygen atoms in total. The number of rotatable bonds is 8. The standard InChI is InChI=1S/C26H28N2O5/c1-16-8-10-21(17(2)13-16)18(3)27-26(30)22(15-20-7-6-12-33-20)28-25(29)19-9-11-23(31-4)24(14-19)32-5/h6-15,18H,1-5H3,(H,27,30)(H,28,29)/b22-15-/t18-/m0/s1. The molecular weight excluding hydrogens is 420 g/mol. The number of furan rings is 1. The average molecular weight is 449 g/mol. The number of methoxy groups -OCH3 is 2. The predicted octanol–water partition coefficient (Wildman–Crippen LogP) is 4.56. The van der Waals surface area contributed by atoms with E-state index in [1.807, 2.05) is 32.9 Å². The Hall–Kier alpha value is -4.00. The summed E-state index contributed by atoms with van der Waals surface area (Å²) in [5.74, 6) is 0.442. The Balaban J connectivity index is 1.84. The van der Waals surface area contributed by atoms with Gasteiger partial charge in [0.1, 0.15) is 11.5 Å². The van der Waals surface area contributed by atoms with Crippen molar-refractivity contribution in [1.29, 1.82) is 0 Å². The van der Waals surface area contributed by atoms with Crippen molar-refractivity contribution >= 4 is 17.9 Å². The second kappa shape index (κ2) is 10.5. The van der Waals surface area contributed by atoms with E-state index in [-0.39, 0.29) is 11.7 Å². The van der Waals surface area contributed by atoms with Gasteiger partial charge in [0, 0.05) is 11.6 Å². The monoisotopic (exact) mass is 448 g/mol. The Labute approximate surface area is 193 Å². The van der Waals surface area contributed by atoms with E-state index in [1.54, 1.807) is 30.3 Å². The molecule has 3 rings (SSSR count). The summed E-state index contributed by atoms with van der Waals surface area (Å²) in [6.45, 7) is 5.92. The number of carbonyl (C=O) groups excluding carboxylic acids is 2. The first-order chi connectivity index (χ1) is 15.8. The third-order valence-electron chi connectivity index (χ3n) is 5.21. The van der Waals surface area contributed by atoms with Crippen molar-refractivity contribution in [3.05, 3.63) is 88.5 Å². The van der Waals surface area contributed by atoms with Crippen molar-refractivity contribution in [2.75, 3.05) is 14.2 Å². The number of hydrogen-bond donors (Lipinski definition) is 2. The van der Waals surface area contributed by atoms with E-state index in [2.05, 4.69) is 16.7 Å². The maximum atomic E-state index is 13.1. The van der Waals surface area contributed by atoms with Crippen LogP contribution < -0.4 is 20.1 Å². The first kappa shape index (κ1) is 23.7. The molecule has 1 heterocycles. The lowest BCUT2D eigenvalue weighted by Crippen LogP contribution is -2.36. The maximum Gasteiger partial charge on any atom is 0.268 e. The van der Waals surface area contributed by atoms with E-state index < -0.39 is 11.8 Å². The fraction of sp³-hybridized carbons (Fsp3) is 0.231. The van der Waals surface area contributed by atoms with Gasteiger partial charge in [-0.15, -0.1) is 0 Å². The molecule has 0 aliphatic heterocycles. The first-order valence-electron chi connectivity index (χ1n) is 10.5. The second-order valence-corrected chi connectivity index (χ2v) is 7.65. The molecule has 2 N–H and O–H groups in total. The van der Waals surface area contributed by atoms with Crippen LogP contribution in [0.1, 0.15) is 45.8 Å². The highest BCUT2D eigenvalue weighted by Crippen LogP contribution is 2.27. The number of nitrogens with one attached hydrogen (secondary N) is 2. The summed E-state index contributed by atoms with van der Waals surface area (Å²) in [6.07, 6.45) is 2.98. The molecule has 0 aliphatic carbocycles. The van der Waals surface area contributed by atoms with Gasteiger partial charge in [-0.25, -0.2) is 0 Å². The molecule has 0 radical (unpaired) electrons. The van der Waals surface area contributed by atoms with Gasteiger partial charge in [-0.3, -0.25) is 9.59 Å². The van der Waals surface area contributed by atoms with Crippen molar-refractivity contribution in [3.8, 4) is 11.5 Å². The van der Waals surface area contributed by atoms with E-state index >= 15 is 0 Å². The Morgan fingerprint density at radius 1 is 1.00 bits per heavy atom. The highest BCUT2D eigenvalue weighted by atomic mass is 16.5. The zero-order chi connectivity index (χ0) is 24.0. The zero-order valence-corrected chi connectivity index (χ0v) is 19.4. The maximum absolute atomic E-state index is 13.1. The van der Waals surface area contributed by atoms with Crippen LogP contribution in [0, 0.1) is 13.8 Å². The largest absolute Gasteiger partial charge is 0.493 e. The Bertz CT molecular complexity index is 1170. The number of aryl methyl sites for hydroxylation is 2. The molecule has 33 heavy (non-hydrogen) atoms. The van der Waals surface area contributed by atoms with Crippen LogP contribution in [-0.4, -0.2) is 26.0 Å². The quantitative estimate of drug-likeness (QED) is 0.493. The lowest BCUT2D eigenvalue weighted by molar-refractivity contribution is -0.118. The first-order valence-corrected chi connectivity index (χ1v) is 10.5. The van der Waals surface area contributed by atoms with Crippen LogP contribution in [-0.2, 0) is 4.79 Å². The Morgan fingerprint density at radius 2 is 1.76 bits per heavy atom. The van der Waals surface area contributed by atoms with E-state index in [4.69, 9.17) is 13.9 Å². The molecule has 0 aliphatic rings. The summed E-state index contributed by atoms with van der Waals surface area (Å²) in [4.78, 5) is 26.1. The molecule has 0 fully saturated rings. The fourth-order valence-electron chi connectivity index (χ4n) is 3.51. The van der Waals surface area contributed by atoms with Crippen LogP contribution in [0.4, 0.5) is 0 Å². The van der Waals surface area contributed by atoms with Gasteiger partial charge < -0.3 is 24.5 Å². The molecule has 2 aromatic carbocycles. The van der Waals surface area contributed by atoms with Crippen molar-refractivity contribution < 1.29 is 23.5 Å². The van der Waals surface area contributed by atoms with E-state index in [0.717, 1.165) is 16.7 Å². The van der Waals surface area contributed by atoms with Crippen molar-refractivity contribution in [1.82, 2.24) is 10.6 Å². The predicted molar refractivity (Wildman–Crippen MR) is 126 cm³/mol. The van der Waals surface area contributed by atoms with Crippen molar-refractivity contribution in [2.24, 2.45) is 0 Å². The number of carbonyl (C=O) groups is 2. The lowest BCUT2D eigenvalue weighted by Gasteiger charge is -2.19. The van der Waals surface area contributed by atoms with E-state index in [0.29, 0.717) is 22.8 Å². The minimum Gasteiger partial charge on any atom is -0.493 e. The normalized spacial score (nSPS) is 12.1. The third-order valence-corrected chi connectivity index (χ3v) is 5.21. The number of benzene rings is 2. The molecule has 0 spiro atoms. The summed E-state index contributed by atoms with van der Waals surface area (Å²) in [7, 11) is 3.01. The zero-order valence-electron chi connectivity index (χ0n) is 19.4. The topological polar surface area (TPSA) is 89.8 Å². The fourth-order valence-corrected chi connectivity index (χ4v) is 3.51. The molecule has 1 aromatic heterocycles. The molecular formula is C26H28N2O5. The number of amides is 2. The minimum absolute atomic E-state index is 0.0568. The summed E-state index contributed by atoms with van der Waals surface area (Å²) in [6, 6.07) is 14.0. The lowest BCUT2D eigenvalue weighted by atomic mass is 10.00. The molecule has 172 valence electrons. The van der Waals surface area contributed by atoms with Crippen LogP contribution in [0.15, 0.2) is 64.9 Å². The van der Waals surface area contributed by atoms with Crippen LogP contribution >= 0.6 is 0 Å². The van der Waals surface area contributed by atoms with Gasteiger partial charge in [0.2, 0.25) is 0 Å². The SMILES string of the molecule is COc1ccc(C(=O)N/C(=C\c2ccco2)C(=O)N[C@@H](C)c2ccc(C)cc2C)cc1OC. The molecule has 0 bridgehead atoms. The van der Waals surface area contributed by atoms with Gasteiger partial charge in [-0.1, -0.05) is 23.8 Å². The average Bonchev–Trinajstić information content (AvgIpc) is 3.31. The highest BCUT2D eigenvalue weighted by Gasteiger charge is 2.19. The number of ether oxygens (including phenoxy) is 2. The molecule has 0 unspecified atom stereocenters. The van der Waals surface area contributed by atoms with E-state index in [1.165, 1.54) is 26.6 Å². The third kappa shape index (κ3) is 5.83. The molecule has 7 heteroatoms. The number of hydrogen-bond acceptors (Lipinski definition) is 5. The van der Waals surface area contributed by atoms with Crippen molar-refractivity contribution in [2.45, 2.75) is 26.8 Å². The van der Waals surface area contributed by atoms with Gasteiger partial charge in [0.25, 0.3) is 11.8 Å². The summed E-state index contributed by atoms with van der Waals surface area (Å²) >= 11 is 0. The molecule has 2 amide bonds. The molecule has 0 saturated heterocycles. The Kier molecular flexibility index (Phi) is 7.56. The summed E-state index contributed by atoms with van der Waals surface area (Å²) in [5.41, 5.74) is 3.59. The van der Waals surface area contributed by atoms with Crippen LogP contribution in [0.25, 0.3) is 6.08 Å². The molecule has 3 aromatic rings. The van der Waals surface area contributed by atoms with E-state index in [9.17, 15) is 9.59 Å². The smallest absolute Gasteiger partial charge is 0.268 e. The van der Waals surface area contributed by atoms with Gasteiger partial charge in [-0.2, -0.15) is 0 Å². The van der Waals surface area contributed by atoms with Crippen molar-refractivity contribution in [3.63, 3.8) is 0 Å². The minimum atomic E-state index is -0.469. The van der Waals surface area contributed by atoms with Gasteiger partial charge in [0.15, 0.2) is 11.5 Å². The van der Waals surface area contributed by atoms with Crippen LogP contribution in [0.5, 0.6) is 11.5 Å². The van der Waals surface area contributed by atoms with Gasteiger partial charge in [0.05, 0.1) is 26.5 Å². The molecule has 1 atom stereocenters. The van der Waals surface area contributed by atoms with Crippen LogP contribution in [0.3, 0.4) is 0 Å². The summed E-state index contributed by atoms with van der Waals surface area (Å²) < 4.78 is 15.8. The second-order valence-electron chi connectivity index (χ2n) is 7.65. The Morgan fingerprint density at radius 3 is 2.39 bits per heavy atom. The highest BCUT2D eigenvalue weighted by molar-refractivity contribution is 6.05. The summed E-state index contributed by atoms with van der Waals surface area (Å²) in [5, 5.41) is 5.65. The van der Waals surface area contributed by atoms with Gasteiger partial charge >= 0.3 is 0 Å².